The summed E-state index contributed by atoms with van der Waals surface area (Å²) >= 11 is 0. The third-order valence-electron chi connectivity index (χ3n) is 3.35. The third kappa shape index (κ3) is 1.85. The molecule has 1 aromatic heterocycles. The van der Waals surface area contributed by atoms with E-state index in [0.29, 0.717) is 0 Å². The van der Waals surface area contributed by atoms with E-state index in [-0.39, 0.29) is 11.9 Å². The molecule has 0 spiro atoms. The molecule has 0 unspecified atom stereocenters. The lowest BCUT2D eigenvalue weighted by Gasteiger charge is -2.34. The Morgan fingerprint density at radius 1 is 1.50 bits per heavy atom. The fourth-order valence-corrected chi connectivity index (χ4v) is 2.12. The van der Waals surface area contributed by atoms with Crippen molar-refractivity contribution in [1.29, 1.82) is 0 Å². The lowest BCUT2D eigenvalue weighted by molar-refractivity contribution is 0.0645. The SMILES string of the molecule is Cc1ccc(C(=O)N2CCNC[C@H]2C)n1C. The number of rotatable bonds is 1. The van der Waals surface area contributed by atoms with Gasteiger partial charge in [0.2, 0.25) is 0 Å². The number of aryl methyl sites for hydroxylation is 1. The van der Waals surface area contributed by atoms with Crippen LogP contribution in [0.15, 0.2) is 12.1 Å². The minimum absolute atomic E-state index is 0.143. The first-order valence-electron chi connectivity index (χ1n) is 5.75. The Bertz CT molecular complexity index is 397. The maximum atomic E-state index is 12.3. The first-order valence-corrected chi connectivity index (χ1v) is 5.75. The van der Waals surface area contributed by atoms with E-state index >= 15 is 0 Å². The minimum Gasteiger partial charge on any atom is -0.344 e. The van der Waals surface area contributed by atoms with Gasteiger partial charge < -0.3 is 14.8 Å². The molecule has 1 atom stereocenters. The molecule has 1 N–H and O–H groups in total. The summed E-state index contributed by atoms with van der Waals surface area (Å²) in [6.45, 7) is 6.66. The summed E-state index contributed by atoms with van der Waals surface area (Å²) in [5.74, 6) is 0.143. The van der Waals surface area contributed by atoms with Crippen molar-refractivity contribution in [3.8, 4) is 0 Å². The van der Waals surface area contributed by atoms with Crippen LogP contribution in [0.2, 0.25) is 0 Å². The average molecular weight is 221 g/mol. The quantitative estimate of drug-likeness (QED) is 0.760. The Labute approximate surface area is 96.2 Å². The van der Waals surface area contributed by atoms with E-state index < -0.39 is 0 Å². The molecular formula is C12H19N3O. The van der Waals surface area contributed by atoms with Crippen molar-refractivity contribution >= 4 is 5.91 Å². The van der Waals surface area contributed by atoms with Gasteiger partial charge in [-0.05, 0) is 26.0 Å². The molecule has 1 aromatic rings. The zero-order valence-electron chi connectivity index (χ0n) is 10.2. The molecule has 0 radical (unpaired) electrons. The Balaban J connectivity index is 2.21. The van der Waals surface area contributed by atoms with Crippen molar-refractivity contribution in [3.63, 3.8) is 0 Å². The normalized spacial score (nSPS) is 21.2. The van der Waals surface area contributed by atoms with Crippen molar-refractivity contribution in [1.82, 2.24) is 14.8 Å². The molecule has 88 valence electrons. The lowest BCUT2D eigenvalue weighted by Crippen LogP contribution is -2.52. The topological polar surface area (TPSA) is 37.3 Å². The summed E-state index contributed by atoms with van der Waals surface area (Å²) in [5, 5.41) is 3.29. The van der Waals surface area contributed by atoms with Crippen molar-refractivity contribution in [2.24, 2.45) is 7.05 Å². The first kappa shape index (κ1) is 11.2. The number of amides is 1. The monoisotopic (exact) mass is 221 g/mol. The van der Waals surface area contributed by atoms with E-state index in [9.17, 15) is 4.79 Å². The molecule has 1 fully saturated rings. The molecule has 0 bridgehead atoms. The van der Waals surface area contributed by atoms with Crippen LogP contribution in [0, 0.1) is 6.92 Å². The summed E-state index contributed by atoms with van der Waals surface area (Å²) in [6.07, 6.45) is 0. The molecule has 2 rings (SSSR count). The van der Waals surface area contributed by atoms with E-state index in [0.717, 1.165) is 31.0 Å². The minimum atomic E-state index is 0.143. The van der Waals surface area contributed by atoms with Crippen LogP contribution in [0.4, 0.5) is 0 Å². The largest absolute Gasteiger partial charge is 0.344 e. The first-order chi connectivity index (χ1) is 7.61. The highest BCUT2D eigenvalue weighted by atomic mass is 16.2. The van der Waals surface area contributed by atoms with Gasteiger partial charge in [0.05, 0.1) is 0 Å². The van der Waals surface area contributed by atoms with E-state index in [1.54, 1.807) is 0 Å². The second-order valence-electron chi connectivity index (χ2n) is 4.47. The van der Waals surface area contributed by atoms with Crippen LogP contribution in [0.5, 0.6) is 0 Å². The van der Waals surface area contributed by atoms with Crippen LogP contribution >= 0.6 is 0 Å². The van der Waals surface area contributed by atoms with Crippen LogP contribution in [0.25, 0.3) is 0 Å². The maximum absolute atomic E-state index is 12.3. The zero-order valence-corrected chi connectivity index (χ0v) is 10.2. The molecule has 1 aliphatic heterocycles. The van der Waals surface area contributed by atoms with E-state index in [2.05, 4.69) is 12.2 Å². The van der Waals surface area contributed by atoms with Crippen molar-refractivity contribution in [3.05, 3.63) is 23.5 Å². The van der Waals surface area contributed by atoms with Gasteiger partial charge in [-0.3, -0.25) is 4.79 Å². The fraction of sp³-hybridized carbons (Fsp3) is 0.583. The van der Waals surface area contributed by atoms with Gasteiger partial charge >= 0.3 is 0 Å². The van der Waals surface area contributed by atoms with Gasteiger partial charge in [-0.15, -0.1) is 0 Å². The predicted octanol–water partition coefficient (Wildman–Crippen LogP) is 0.767. The Kier molecular flexibility index (Phi) is 3.01. The molecule has 0 aromatic carbocycles. The summed E-state index contributed by atoms with van der Waals surface area (Å²) in [4.78, 5) is 14.3. The van der Waals surface area contributed by atoms with Crippen molar-refractivity contribution in [2.45, 2.75) is 19.9 Å². The van der Waals surface area contributed by atoms with Crippen LogP contribution < -0.4 is 5.32 Å². The Morgan fingerprint density at radius 3 is 2.81 bits per heavy atom. The Morgan fingerprint density at radius 2 is 2.25 bits per heavy atom. The highest BCUT2D eigenvalue weighted by molar-refractivity contribution is 5.93. The molecule has 1 amide bonds. The third-order valence-corrected chi connectivity index (χ3v) is 3.35. The maximum Gasteiger partial charge on any atom is 0.270 e. The Hall–Kier alpha value is -1.29. The number of carbonyl (C=O) groups is 1. The van der Waals surface area contributed by atoms with Crippen molar-refractivity contribution in [2.75, 3.05) is 19.6 Å². The predicted molar refractivity (Wildman–Crippen MR) is 63.5 cm³/mol. The van der Waals surface area contributed by atoms with E-state index in [4.69, 9.17) is 0 Å². The van der Waals surface area contributed by atoms with Gasteiger partial charge in [-0.25, -0.2) is 0 Å². The van der Waals surface area contributed by atoms with E-state index in [1.807, 2.05) is 35.6 Å². The smallest absolute Gasteiger partial charge is 0.270 e. The van der Waals surface area contributed by atoms with Crippen LogP contribution in [-0.2, 0) is 7.05 Å². The highest BCUT2D eigenvalue weighted by Crippen LogP contribution is 2.12. The molecule has 1 saturated heterocycles. The number of hydrogen-bond acceptors (Lipinski definition) is 2. The van der Waals surface area contributed by atoms with Gasteiger partial charge in [0, 0.05) is 38.4 Å². The van der Waals surface area contributed by atoms with Gasteiger partial charge in [-0.1, -0.05) is 0 Å². The number of nitrogens with one attached hydrogen (secondary N) is 1. The lowest BCUT2D eigenvalue weighted by atomic mass is 10.2. The molecule has 16 heavy (non-hydrogen) atoms. The van der Waals surface area contributed by atoms with Gasteiger partial charge in [0.1, 0.15) is 5.69 Å². The summed E-state index contributed by atoms with van der Waals surface area (Å²) in [7, 11) is 1.94. The second-order valence-corrected chi connectivity index (χ2v) is 4.47. The molecule has 4 heteroatoms. The van der Waals surface area contributed by atoms with Crippen LogP contribution in [0.1, 0.15) is 23.1 Å². The number of aromatic nitrogens is 1. The van der Waals surface area contributed by atoms with Crippen LogP contribution in [0.3, 0.4) is 0 Å². The molecule has 4 nitrogen and oxygen atoms in total. The van der Waals surface area contributed by atoms with Gasteiger partial charge in [0.15, 0.2) is 0 Å². The summed E-state index contributed by atoms with van der Waals surface area (Å²) in [6, 6.07) is 4.17. The fourth-order valence-electron chi connectivity index (χ4n) is 2.12. The molecular weight excluding hydrogens is 202 g/mol. The second kappa shape index (κ2) is 4.29. The molecule has 0 aliphatic carbocycles. The number of nitrogens with zero attached hydrogens (tertiary/aromatic N) is 2. The highest BCUT2D eigenvalue weighted by Gasteiger charge is 2.25. The molecule has 1 aliphatic rings. The average Bonchev–Trinajstić information content (AvgIpc) is 2.60. The standard InChI is InChI=1S/C12H19N3O/c1-9-4-5-11(14(9)3)12(16)15-7-6-13-8-10(15)2/h4-5,10,13H,6-8H2,1-3H3/t10-/m1/s1. The van der Waals surface area contributed by atoms with Gasteiger partial charge in [0.25, 0.3) is 5.91 Å². The van der Waals surface area contributed by atoms with Crippen molar-refractivity contribution < 1.29 is 4.79 Å². The summed E-state index contributed by atoms with van der Waals surface area (Å²) < 4.78 is 1.96. The number of carbonyl (C=O) groups excluding carboxylic acids is 1. The zero-order chi connectivity index (χ0) is 11.7. The molecule has 2 heterocycles. The summed E-state index contributed by atoms with van der Waals surface area (Å²) in [5.41, 5.74) is 1.90. The molecule has 0 saturated carbocycles. The van der Waals surface area contributed by atoms with Crippen LogP contribution in [-0.4, -0.2) is 41.1 Å². The van der Waals surface area contributed by atoms with E-state index in [1.165, 1.54) is 0 Å². The number of hydrogen-bond donors (Lipinski definition) is 1. The number of piperazine rings is 1. The van der Waals surface area contributed by atoms with Gasteiger partial charge in [-0.2, -0.15) is 0 Å².